The summed E-state index contributed by atoms with van der Waals surface area (Å²) in [6, 6.07) is 25.3. The van der Waals surface area contributed by atoms with Crippen LogP contribution in [0.25, 0.3) is 0 Å². The summed E-state index contributed by atoms with van der Waals surface area (Å²) in [6.45, 7) is 0. The van der Waals surface area contributed by atoms with E-state index in [4.69, 9.17) is 5.73 Å². The summed E-state index contributed by atoms with van der Waals surface area (Å²) in [5, 5.41) is 6.23. The highest BCUT2D eigenvalue weighted by atomic mass is 16.1. The topological polar surface area (TPSA) is 67.2 Å². The van der Waals surface area contributed by atoms with E-state index < -0.39 is 0 Å². The lowest BCUT2D eigenvalue weighted by molar-refractivity contribution is -0.116. The molecule has 25 heavy (non-hydrogen) atoms. The Hall–Kier alpha value is -3.27. The second-order valence-electron chi connectivity index (χ2n) is 5.86. The molecule has 0 saturated heterocycles. The van der Waals surface area contributed by atoms with Crippen LogP contribution >= 0.6 is 0 Å². The van der Waals surface area contributed by atoms with Crippen LogP contribution in [0.3, 0.4) is 0 Å². The minimum absolute atomic E-state index is 0.00815. The molecule has 3 aromatic carbocycles. The summed E-state index contributed by atoms with van der Waals surface area (Å²) in [6.07, 6.45) is 1.10. The van der Waals surface area contributed by atoms with E-state index in [1.54, 1.807) is 0 Å². The maximum absolute atomic E-state index is 12.1. The third kappa shape index (κ3) is 5.11. The normalized spacial score (nSPS) is 10.2. The second kappa shape index (κ2) is 8.02. The zero-order valence-corrected chi connectivity index (χ0v) is 13.9. The first-order chi connectivity index (χ1) is 12.2. The minimum Gasteiger partial charge on any atom is -0.399 e. The predicted molar refractivity (Wildman–Crippen MR) is 104 cm³/mol. The molecule has 126 valence electrons. The van der Waals surface area contributed by atoms with Crippen LogP contribution in [0.15, 0.2) is 78.9 Å². The molecule has 4 heteroatoms. The monoisotopic (exact) mass is 331 g/mol. The van der Waals surface area contributed by atoms with Gasteiger partial charge in [0.1, 0.15) is 0 Å². The molecule has 0 aromatic heterocycles. The third-order valence-electron chi connectivity index (χ3n) is 3.82. The first kappa shape index (κ1) is 16.6. The Bertz CT molecular complexity index is 829. The summed E-state index contributed by atoms with van der Waals surface area (Å²) in [7, 11) is 0. The number of anilines is 4. The Morgan fingerprint density at radius 1 is 0.800 bits per heavy atom. The molecule has 0 aliphatic carbocycles. The van der Waals surface area contributed by atoms with Crippen LogP contribution in [0.4, 0.5) is 22.7 Å². The van der Waals surface area contributed by atoms with Crippen LogP contribution in [0.1, 0.15) is 12.0 Å². The molecule has 0 aliphatic rings. The highest BCUT2D eigenvalue weighted by molar-refractivity contribution is 5.91. The van der Waals surface area contributed by atoms with Gasteiger partial charge in [-0.3, -0.25) is 4.79 Å². The summed E-state index contributed by atoms with van der Waals surface area (Å²) in [4.78, 5) is 12.1. The Balaban J connectivity index is 1.51. The minimum atomic E-state index is -0.00815. The van der Waals surface area contributed by atoms with Crippen molar-refractivity contribution in [1.29, 1.82) is 0 Å². The maximum Gasteiger partial charge on any atom is 0.224 e. The SMILES string of the molecule is Nc1cccc(CCC(=O)Nc2ccc(Nc3ccccc3)cc2)c1. The summed E-state index contributed by atoms with van der Waals surface area (Å²) >= 11 is 0. The van der Waals surface area contributed by atoms with Gasteiger partial charge in [-0.2, -0.15) is 0 Å². The number of nitrogens with two attached hydrogens (primary N) is 1. The molecule has 3 aromatic rings. The van der Waals surface area contributed by atoms with Gasteiger partial charge in [0, 0.05) is 29.2 Å². The molecule has 0 radical (unpaired) electrons. The van der Waals surface area contributed by atoms with Gasteiger partial charge in [-0.25, -0.2) is 0 Å². The van der Waals surface area contributed by atoms with Crippen molar-refractivity contribution in [3.8, 4) is 0 Å². The standard InChI is InChI=1S/C21H21N3O/c22-17-6-4-5-16(15-17)9-14-21(25)24-20-12-10-19(11-13-20)23-18-7-2-1-3-8-18/h1-8,10-13,15,23H,9,14,22H2,(H,24,25). The number of carbonyl (C=O) groups is 1. The average Bonchev–Trinajstić information content (AvgIpc) is 2.63. The molecular weight excluding hydrogens is 310 g/mol. The van der Waals surface area contributed by atoms with Crippen molar-refractivity contribution in [2.24, 2.45) is 0 Å². The quantitative estimate of drug-likeness (QED) is 0.579. The highest BCUT2D eigenvalue weighted by Gasteiger charge is 2.04. The maximum atomic E-state index is 12.1. The third-order valence-corrected chi connectivity index (χ3v) is 3.82. The number of nitrogens with one attached hydrogen (secondary N) is 2. The Kier molecular flexibility index (Phi) is 5.32. The summed E-state index contributed by atoms with van der Waals surface area (Å²) in [5.74, 6) is -0.00815. The first-order valence-corrected chi connectivity index (χ1v) is 8.25. The number of benzene rings is 3. The van der Waals surface area contributed by atoms with Crippen molar-refractivity contribution >= 4 is 28.7 Å². The zero-order chi connectivity index (χ0) is 17.5. The average molecular weight is 331 g/mol. The fraction of sp³-hybridized carbons (Fsp3) is 0.0952. The molecule has 4 N–H and O–H groups in total. The van der Waals surface area contributed by atoms with Crippen LogP contribution < -0.4 is 16.4 Å². The lowest BCUT2D eigenvalue weighted by Crippen LogP contribution is -2.12. The Morgan fingerprint density at radius 3 is 2.20 bits per heavy atom. The zero-order valence-electron chi connectivity index (χ0n) is 13.9. The van der Waals surface area contributed by atoms with Crippen LogP contribution in [-0.4, -0.2) is 5.91 Å². The lowest BCUT2D eigenvalue weighted by atomic mass is 10.1. The van der Waals surface area contributed by atoms with Crippen LogP contribution in [0, 0.1) is 0 Å². The number of nitrogen functional groups attached to an aromatic ring is 1. The summed E-state index contributed by atoms with van der Waals surface area (Å²) in [5.41, 5.74) is 10.3. The van der Waals surface area contributed by atoms with Gasteiger partial charge in [-0.15, -0.1) is 0 Å². The van der Waals surface area contributed by atoms with Crippen molar-refractivity contribution in [3.63, 3.8) is 0 Å². The fourth-order valence-corrected chi connectivity index (χ4v) is 2.56. The number of para-hydroxylation sites is 1. The van der Waals surface area contributed by atoms with Crippen LogP contribution in [0.2, 0.25) is 0 Å². The Morgan fingerprint density at radius 2 is 1.48 bits per heavy atom. The molecule has 0 bridgehead atoms. The van der Waals surface area contributed by atoms with Gasteiger partial charge in [0.05, 0.1) is 0 Å². The highest BCUT2D eigenvalue weighted by Crippen LogP contribution is 2.19. The largest absolute Gasteiger partial charge is 0.399 e. The fourth-order valence-electron chi connectivity index (χ4n) is 2.56. The van der Waals surface area contributed by atoms with E-state index >= 15 is 0 Å². The number of carbonyl (C=O) groups excluding carboxylic acids is 1. The molecule has 3 rings (SSSR count). The van der Waals surface area contributed by atoms with Crippen molar-refractivity contribution in [2.75, 3.05) is 16.4 Å². The molecule has 4 nitrogen and oxygen atoms in total. The van der Waals surface area contributed by atoms with Gasteiger partial charge in [-0.1, -0.05) is 30.3 Å². The van der Waals surface area contributed by atoms with Gasteiger partial charge in [-0.05, 0) is 60.5 Å². The predicted octanol–water partition coefficient (Wildman–Crippen LogP) is 4.58. The first-order valence-electron chi connectivity index (χ1n) is 8.25. The molecular formula is C21H21N3O. The van der Waals surface area contributed by atoms with E-state index in [0.717, 1.165) is 28.3 Å². The van der Waals surface area contributed by atoms with E-state index in [0.29, 0.717) is 12.8 Å². The molecule has 0 aliphatic heterocycles. The van der Waals surface area contributed by atoms with E-state index in [1.807, 2.05) is 78.9 Å². The molecule has 1 amide bonds. The van der Waals surface area contributed by atoms with Gasteiger partial charge in [0.25, 0.3) is 0 Å². The van der Waals surface area contributed by atoms with Gasteiger partial charge in [0.2, 0.25) is 5.91 Å². The molecule has 0 fully saturated rings. The second-order valence-corrected chi connectivity index (χ2v) is 5.86. The van der Waals surface area contributed by atoms with Gasteiger partial charge < -0.3 is 16.4 Å². The molecule has 0 spiro atoms. The van der Waals surface area contributed by atoms with Gasteiger partial charge >= 0.3 is 0 Å². The lowest BCUT2D eigenvalue weighted by Gasteiger charge is -2.09. The van der Waals surface area contributed by atoms with Crippen molar-refractivity contribution < 1.29 is 4.79 Å². The molecule has 0 atom stereocenters. The number of hydrogen-bond donors (Lipinski definition) is 3. The van der Waals surface area contributed by atoms with Crippen molar-refractivity contribution in [3.05, 3.63) is 84.4 Å². The van der Waals surface area contributed by atoms with Crippen molar-refractivity contribution in [2.45, 2.75) is 12.8 Å². The molecule has 0 heterocycles. The molecule has 0 saturated carbocycles. The van der Waals surface area contributed by atoms with E-state index in [1.165, 1.54) is 0 Å². The Labute approximate surface area is 147 Å². The summed E-state index contributed by atoms with van der Waals surface area (Å²) < 4.78 is 0. The van der Waals surface area contributed by atoms with Crippen LogP contribution in [0.5, 0.6) is 0 Å². The van der Waals surface area contributed by atoms with E-state index in [9.17, 15) is 4.79 Å². The van der Waals surface area contributed by atoms with Crippen LogP contribution in [-0.2, 0) is 11.2 Å². The smallest absolute Gasteiger partial charge is 0.224 e. The number of hydrogen-bond acceptors (Lipinski definition) is 3. The number of amides is 1. The van der Waals surface area contributed by atoms with Crippen molar-refractivity contribution in [1.82, 2.24) is 0 Å². The molecule has 0 unspecified atom stereocenters. The number of aryl methyl sites for hydroxylation is 1. The van der Waals surface area contributed by atoms with E-state index in [2.05, 4.69) is 10.6 Å². The van der Waals surface area contributed by atoms with E-state index in [-0.39, 0.29) is 5.91 Å². The van der Waals surface area contributed by atoms with Gasteiger partial charge in [0.15, 0.2) is 0 Å². The number of rotatable bonds is 6.